The quantitative estimate of drug-likeness (QED) is 0.0243. The Kier molecular flexibility index (Phi) is 19.5. The molecule has 8 N–H and O–H groups in total. The first-order chi connectivity index (χ1) is 22.1. The number of nitrogens with zero attached hydrogens (tertiary/aromatic N) is 1. The molecule has 47 heavy (non-hydrogen) atoms. The van der Waals surface area contributed by atoms with E-state index >= 15 is 0 Å². The average molecular weight is 824 g/mol. The van der Waals surface area contributed by atoms with Gasteiger partial charge >= 0.3 is 25.7 Å². The Balaban J connectivity index is 2.39. The minimum Gasteiger partial charge on any atom is -0.480 e. The van der Waals surface area contributed by atoms with Crippen LogP contribution in [0.5, 0.6) is 0 Å². The maximum Gasteiger partial charge on any atom is 0.403 e. The molecule has 0 saturated carbocycles. The number of rotatable bonds is 24. The van der Waals surface area contributed by atoms with Crippen LogP contribution in [0.15, 0.2) is 12.3 Å². The van der Waals surface area contributed by atoms with Crippen molar-refractivity contribution < 1.29 is 62.5 Å². The van der Waals surface area contributed by atoms with E-state index in [2.05, 4.69) is 20.9 Å². The van der Waals surface area contributed by atoms with Crippen LogP contribution < -0.4 is 21.0 Å². The molecule has 0 saturated heterocycles. The van der Waals surface area contributed by atoms with E-state index in [0.29, 0.717) is 23.7 Å². The first-order valence-electron chi connectivity index (χ1n) is 14.2. The van der Waals surface area contributed by atoms with E-state index in [1.807, 2.05) is 27.7 Å². The Morgan fingerprint density at radius 3 is 2.06 bits per heavy atom. The number of nitrogens with one attached hydrogen (secondary N) is 4. The zero-order chi connectivity index (χ0) is 35.6. The highest BCUT2D eigenvalue weighted by atomic mass is 127. The molecule has 0 aromatic carbocycles. The first kappa shape index (κ1) is 42.1. The summed E-state index contributed by atoms with van der Waals surface area (Å²) < 4.78 is 30.4. The van der Waals surface area contributed by atoms with E-state index in [-0.39, 0.29) is 49.2 Å². The van der Waals surface area contributed by atoms with E-state index in [0.717, 1.165) is 12.3 Å². The molecule has 1 rings (SSSR count). The van der Waals surface area contributed by atoms with Crippen LogP contribution in [0, 0.1) is 5.95 Å². The van der Waals surface area contributed by atoms with E-state index in [9.17, 15) is 52.8 Å². The van der Waals surface area contributed by atoms with Gasteiger partial charge in [-0.3, -0.25) is 23.7 Å². The van der Waals surface area contributed by atoms with Gasteiger partial charge in [0.15, 0.2) is 0 Å². The fourth-order valence-corrected chi connectivity index (χ4v) is 5.70. The number of alkyl halides is 1. The third-order valence-corrected chi connectivity index (χ3v) is 8.33. The Morgan fingerprint density at radius 2 is 1.49 bits per heavy atom. The molecule has 17 nitrogen and oxygen atoms in total. The maximum atomic E-state index is 13.1. The number of carbonyl (C=O) groups excluding carboxylic acids is 3. The van der Waals surface area contributed by atoms with Crippen LogP contribution in [0.1, 0.15) is 68.1 Å². The van der Waals surface area contributed by atoms with Gasteiger partial charge in [-0.15, -0.1) is 0 Å². The van der Waals surface area contributed by atoms with Gasteiger partial charge in [0.2, 0.25) is 17.8 Å². The number of hydrogen-bond acceptors (Lipinski definition) is 9. The third kappa shape index (κ3) is 17.7. The zero-order valence-electron chi connectivity index (χ0n) is 25.0. The van der Waals surface area contributed by atoms with Crippen molar-refractivity contribution in [3.63, 3.8) is 0 Å². The van der Waals surface area contributed by atoms with Crippen LogP contribution in [-0.2, 0) is 33.1 Å². The van der Waals surface area contributed by atoms with Crippen molar-refractivity contribution in [1.29, 1.82) is 0 Å². The summed E-state index contributed by atoms with van der Waals surface area (Å²) in [5.41, 5.74) is 0.0806. The maximum absolute atomic E-state index is 13.1. The summed E-state index contributed by atoms with van der Waals surface area (Å²) >= 11 is 7.50. The van der Waals surface area contributed by atoms with E-state index in [4.69, 9.17) is 21.2 Å². The summed E-state index contributed by atoms with van der Waals surface area (Å²) in [7, 11) is -4.51. The van der Waals surface area contributed by atoms with Crippen molar-refractivity contribution in [2.24, 2.45) is 0 Å². The topological polar surface area (TPSA) is 271 Å². The number of amides is 3. The molecule has 3 amide bonds. The second-order valence-electron chi connectivity index (χ2n) is 10.0. The molecule has 1 heterocycles. The lowest BCUT2D eigenvalue weighted by Crippen LogP contribution is -2.44. The molecule has 21 heteroatoms. The van der Waals surface area contributed by atoms with Crippen molar-refractivity contribution in [1.82, 2.24) is 26.0 Å². The van der Waals surface area contributed by atoms with Gasteiger partial charge in [0.1, 0.15) is 18.1 Å². The third-order valence-electron chi connectivity index (χ3n) is 6.27. The Labute approximate surface area is 287 Å². The molecule has 0 bridgehead atoms. The molecule has 0 radical (unpaired) electrons. The minimum atomic E-state index is -4.51. The molecule has 264 valence electrons. The second-order valence-corrected chi connectivity index (χ2v) is 13.1. The molecule has 1 aromatic heterocycles. The second kappa shape index (κ2) is 21.8. The highest BCUT2D eigenvalue weighted by molar-refractivity contribution is 14.1. The molecule has 0 aliphatic heterocycles. The summed E-state index contributed by atoms with van der Waals surface area (Å²) in [6.45, 7) is -0.181. The number of halogens is 3. The predicted molar refractivity (Wildman–Crippen MR) is 171 cm³/mol. The lowest BCUT2D eigenvalue weighted by molar-refractivity contribution is -0.143. The zero-order valence-corrected chi connectivity index (χ0v) is 28.8. The number of hydrogen-bond donors (Lipinski definition) is 8. The van der Waals surface area contributed by atoms with Crippen LogP contribution in [-0.4, -0.2) is 96.5 Å². The van der Waals surface area contributed by atoms with Gasteiger partial charge in [0.25, 0.3) is 5.91 Å². The Hall–Kier alpha value is -2.97. The van der Waals surface area contributed by atoms with Gasteiger partial charge in [-0.1, -0.05) is 40.6 Å². The van der Waals surface area contributed by atoms with Crippen molar-refractivity contribution in [3.05, 3.63) is 28.8 Å². The molecule has 0 aliphatic carbocycles. The number of carboxylic acids is 3. The van der Waals surface area contributed by atoms with Crippen LogP contribution in [0.4, 0.5) is 4.39 Å². The molecule has 1 unspecified atom stereocenters. The monoisotopic (exact) mass is 823 g/mol. The average Bonchev–Trinajstić information content (AvgIpc) is 2.99. The molecule has 0 aliphatic rings. The van der Waals surface area contributed by atoms with E-state index in [1.165, 1.54) is 0 Å². The number of aromatic nitrogens is 1. The van der Waals surface area contributed by atoms with Gasteiger partial charge in [0, 0.05) is 30.0 Å². The normalized spacial score (nSPS) is 14.2. The lowest BCUT2D eigenvalue weighted by atomic mass is 10.1. The SMILES string of the molecule is O=C(CC[C@H](NC(=O)CCCCCNC(=O)c1cnc(F)c(Cl)c1)C(=O)O)N[C@@H](CCCOP(=O)(O)N[C@@H](CCI)C(=O)O)C(=O)O. The smallest absolute Gasteiger partial charge is 0.403 e. The molecular formula is C26H37ClFIN5O12P. The highest BCUT2D eigenvalue weighted by Crippen LogP contribution is 2.38. The van der Waals surface area contributed by atoms with Crippen LogP contribution in [0.25, 0.3) is 0 Å². The van der Waals surface area contributed by atoms with Gasteiger partial charge in [0.05, 0.1) is 17.2 Å². The van der Waals surface area contributed by atoms with Gasteiger partial charge in [-0.2, -0.15) is 4.39 Å². The molecule has 1 aromatic rings. The van der Waals surface area contributed by atoms with E-state index in [1.54, 1.807) is 0 Å². The van der Waals surface area contributed by atoms with Gasteiger partial charge in [-0.05, 0) is 44.6 Å². The molecule has 0 fully saturated rings. The number of pyridine rings is 1. The number of unbranched alkanes of at least 4 members (excludes halogenated alkanes) is 2. The summed E-state index contributed by atoms with van der Waals surface area (Å²) in [5.74, 6) is -6.96. The summed E-state index contributed by atoms with van der Waals surface area (Å²) in [6.07, 6.45) is 1.33. The van der Waals surface area contributed by atoms with Crippen molar-refractivity contribution in [2.75, 3.05) is 17.6 Å². The van der Waals surface area contributed by atoms with Crippen molar-refractivity contribution in [2.45, 2.75) is 75.9 Å². The Bertz CT molecular complexity index is 1310. The summed E-state index contributed by atoms with van der Waals surface area (Å²) in [5, 5.41) is 36.8. The number of carboxylic acid groups (broad SMARTS) is 3. The predicted octanol–water partition coefficient (Wildman–Crippen LogP) is 1.85. The highest BCUT2D eigenvalue weighted by Gasteiger charge is 2.29. The molecular weight excluding hydrogens is 787 g/mol. The van der Waals surface area contributed by atoms with Crippen LogP contribution in [0.2, 0.25) is 5.02 Å². The molecule has 4 atom stereocenters. The fourth-order valence-electron chi connectivity index (χ4n) is 3.82. The molecule has 0 spiro atoms. The summed E-state index contributed by atoms with van der Waals surface area (Å²) in [6, 6.07) is -3.04. The van der Waals surface area contributed by atoms with Crippen LogP contribution in [0.3, 0.4) is 0 Å². The number of carbonyl (C=O) groups is 6. The minimum absolute atomic E-state index is 0.0317. The van der Waals surface area contributed by atoms with Crippen molar-refractivity contribution >= 4 is 77.6 Å². The van der Waals surface area contributed by atoms with Crippen molar-refractivity contribution in [3.8, 4) is 0 Å². The van der Waals surface area contributed by atoms with E-state index < -0.39 is 80.5 Å². The van der Waals surface area contributed by atoms with Crippen LogP contribution >= 0.6 is 41.9 Å². The number of aliphatic carboxylic acids is 3. The summed E-state index contributed by atoms with van der Waals surface area (Å²) in [4.78, 5) is 84.1. The van der Waals surface area contributed by atoms with Gasteiger partial charge < -0.3 is 36.2 Å². The first-order valence-corrected chi connectivity index (χ1v) is 17.7. The largest absolute Gasteiger partial charge is 0.480 e. The van der Waals surface area contributed by atoms with Gasteiger partial charge in [-0.25, -0.2) is 24.2 Å². The Morgan fingerprint density at radius 1 is 0.894 bits per heavy atom. The lowest BCUT2D eigenvalue weighted by Gasteiger charge is -2.19. The standard InChI is InChI=1S/C26H37ClFIN5O12P/c27-16-13-15(14-31-22(16)28)23(37)30-11-3-1-2-6-20(35)33-18(25(40)41)7-8-21(36)32-17(24(38)39)5-4-12-46-47(44,45)34-19(9-10-29)26(42)43/h13-14,17-19H,1-12H2,(H,30,37)(H,32,36)(H,33,35)(H,38,39)(H,40,41)(H,42,43)(H2,34,44,45)/t17-,18-,19-/m0/s1. The fraction of sp³-hybridized carbons (Fsp3) is 0.577.